The summed E-state index contributed by atoms with van der Waals surface area (Å²) in [6.45, 7) is 10.4. The zero-order valence-corrected chi connectivity index (χ0v) is 16.8. The molecule has 2 N–H and O–H groups in total. The molecule has 1 aliphatic heterocycles. The quantitative estimate of drug-likeness (QED) is 0.794. The highest BCUT2D eigenvalue weighted by Crippen LogP contribution is 2.27. The van der Waals surface area contributed by atoms with E-state index in [1.54, 1.807) is 20.0 Å². The van der Waals surface area contributed by atoms with Crippen LogP contribution in [0.15, 0.2) is 12.3 Å². The van der Waals surface area contributed by atoms with Gasteiger partial charge < -0.3 is 15.2 Å². The van der Waals surface area contributed by atoms with E-state index in [0.717, 1.165) is 17.9 Å². The second-order valence-corrected chi connectivity index (χ2v) is 7.54. The van der Waals surface area contributed by atoms with Crippen molar-refractivity contribution in [1.82, 2.24) is 9.97 Å². The van der Waals surface area contributed by atoms with E-state index < -0.39 is 0 Å². The minimum atomic E-state index is -0.261. The minimum Gasteiger partial charge on any atom is -0.354 e. The second-order valence-electron chi connectivity index (χ2n) is 7.54. The van der Waals surface area contributed by atoms with E-state index in [0.29, 0.717) is 34.2 Å². The van der Waals surface area contributed by atoms with E-state index >= 15 is 0 Å². The summed E-state index contributed by atoms with van der Waals surface area (Å²) in [6, 6.07) is 2.44. The van der Waals surface area contributed by atoms with Gasteiger partial charge in [0.25, 0.3) is 5.91 Å². The van der Waals surface area contributed by atoms with Crippen LogP contribution in [0.5, 0.6) is 0 Å². The molecule has 2 aromatic rings. The second kappa shape index (κ2) is 7.55. The molecule has 1 aliphatic rings. The summed E-state index contributed by atoms with van der Waals surface area (Å²) in [5, 5.41) is 2.90. The summed E-state index contributed by atoms with van der Waals surface area (Å²) in [4.78, 5) is 34.5. The number of hydrogen-bond acceptors (Lipinski definition) is 4. The molecule has 3 rings (SSSR count). The maximum absolute atomic E-state index is 12.7. The third kappa shape index (κ3) is 3.75. The molecule has 27 heavy (non-hydrogen) atoms. The zero-order valence-electron chi connectivity index (χ0n) is 16.8. The Kier molecular flexibility index (Phi) is 5.35. The predicted octanol–water partition coefficient (Wildman–Crippen LogP) is 4.17. The van der Waals surface area contributed by atoms with Gasteiger partial charge in [-0.25, -0.2) is 4.98 Å². The Hall–Kier alpha value is -2.63. The van der Waals surface area contributed by atoms with Crippen molar-refractivity contribution >= 4 is 23.2 Å². The first-order chi connectivity index (χ1) is 12.8. The number of aromatic nitrogens is 2. The number of pyridine rings is 1. The molecule has 1 fully saturated rings. The number of rotatable bonds is 4. The number of hydrogen-bond donors (Lipinski definition) is 2. The summed E-state index contributed by atoms with van der Waals surface area (Å²) in [7, 11) is 0. The molecule has 0 radical (unpaired) electrons. The summed E-state index contributed by atoms with van der Waals surface area (Å²) in [5.41, 5.74) is 4.11. The van der Waals surface area contributed by atoms with E-state index in [9.17, 15) is 9.59 Å². The lowest BCUT2D eigenvalue weighted by molar-refractivity contribution is 0.101. The van der Waals surface area contributed by atoms with Crippen molar-refractivity contribution < 1.29 is 9.59 Å². The Balaban J connectivity index is 1.80. The van der Waals surface area contributed by atoms with E-state index in [2.05, 4.69) is 27.1 Å². The topological polar surface area (TPSA) is 78.1 Å². The van der Waals surface area contributed by atoms with E-state index in [-0.39, 0.29) is 11.7 Å². The van der Waals surface area contributed by atoms with Crippen LogP contribution in [0, 0.1) is 20.8 Å². The number of Topliss-reactive ketones (excluding diaryl/α,β-unsaturated/α-hetero) is 1. The van der Waals surface area contributed by atoms with Gasteiger partial charge in [-0.1, -0.05) is 0 Å². The van der Waals surface area contributed by atoms with Gasteiger partial charge in [-0.05, 0) is 71.1 Å². The molecule has 6 heteroatoms. The average Bonchev–Trinajstić information content (AvgIpc) is 2.90. The number of amides is 1. The molecule has 2 aromatic heterocycles. The Bertz CT molecular complexity index is 885. The molecule has 6 nitrogen and oxygen atoms in total. The number of carbonyl (C=O) groups is 2. The lowest BCUT2D eigenvalue weighted by atomic mass is 10.0. The lowest BCUT2D eigenvalue weighted by Crippen LogP contribution is -2.38. The first kappa shape index (κ1) is 19.1. The molecule has 0 aliphatic carbocycles. The number of H-pyrrole nitrogens is 1. The molecule has 1 saturated heterocycles. The van der Waals surface area contributed by atoms with Gasteiger partial charge in [-0.15, -0.1) is 0 Å². The normalized spacial score (nSPS) is 17.1. The van der Waals surface area contributed by atoms with Crippen LogP contribution in [0.25, 0.3) is 0 Å². The summed E-state index contributed by atoms with van der Waals surface area (Å²) >= 11 is 0. The van der Waals surface area contributed by atoms with Gasteiger partial charge in [0.1, 0.15) is 11.5 Å². The van der Waals surface area contributed by atoms with Crippen molar-refractivity contribution in [3.63, 3.8) is 0 Å². The van der Waals surface area contributed by atoms with Gasteiger partial charge in [0.05, 0.1) is 11.9 Å². The standard InChI is InChI=1S/C21H28N4O2/c1-12-10-17(11-22-20(12)25-9-7-6-8-13(25)2)24-21(27)19-14(3)18(16(5)26)15(4)23-19/h10-11,13,23H,6-9H2,1-5H3,(H,24,27)/t13-/m1/s1. The number of aromatic amines is 1. The molecule has 0 bridgehead atoms. The molecule has 144 valence electrons. The number of ketones is 1. The van der Waals surface area contributed by atoms with Gasteiger partial charge in [0.15, 0.2) is 5.78 Å². The van der Waals surface area contributed by atoms with Crippen LogP contribution in [-0.2, 0) is 0 Å². The van der Waals surface area contributed by atoms with Gasteiger partial charge in [0.2, 0.25) is 0 Å². The fourth-order valence-electron chi connectivity index (χ4n) is 4.05. The maximum Gasteiger partial charge on any atom is 0.272 e. The van der Waals surface area contributed by atoms with Crippen molar-refractivity contribution in [2.24, 2.45) is 0 Å². The molecule has 0 spiro atoms. The fraction of sp³-hybridized carbons (Fsp3) is 0.476. The van der Waals surface area contributed by atoms with Crippen LogP contribution >= 0.6 is 0 Å². The van der Waals surface area contributed by atoms with Gasteiger partial charge >= 0.3 is 0 Å². The molecular formula is C21H28N4O2. The predicted molar refractivity (Wildman–Crippen MR) is 108 cm³/mol. The van der Waals surface area contributed by atoms with Crippen LogP contribution in [0.3, 0.4) is 0 Å². The fourth-order valence-corrected chi connectivity index (χ4v) is 4.05. The Morgan fingerprint density at radius 2 is 2.00 bits per heavy atom. The molecule has 0 aromatic carbocycles. The smallest absolute Gasteiger partial charge is 0.272 e. The molecule has 0 unspecified atom stereocenters. The highest BCUT2D eigenvalue weighted by Gasteiger charge is 2.22. The minimum absolute atomic E-state index is 0.0437. The van der Waals surface area contributed by atoms with E-state index in [1.807, 2.05) is 13.0 Å². The molecule has 1 atom stereocenters. The van der Waals surface area contributed by atoms with Crippen molar-refractivity contribution in [2.45, 2.75) is 59.9 Å². The monoisotopic (exact) mass is 368 g/mol. The first-order valence-electron chi connectivity index (χ1n) is 9.54. The van der Waals surface area contributed by atoms with Crippen molar-refractivity contribution in [3.8, 4) is 0 Å². The van der Waals surface area contributed by atoms with Crippen LogP contribution in [-0.4, -0.2) is 34.2 Å². The number of carbonyl (C=O) groups excluding carboxylic acids is 2. The molecule has 0 saturated carbocycles. The number of nitrogens with zero attached hydrogens (tertiary/aromatic N) is 2. The third-order valence-electron chi connectivity index (χ3n) is 5.40. The van der Waals surface area contributed by atoms with Crippen LogP contribution in [0.2, 0.25) is 0 Å². The first-order valence-corrected chi connectivity index (χ1v) is 9.54. The lowest BCUT2D eigenvalue weighted by Gasteiger charge is -2.35. The van der Waals surface area contributed by atoms with Crippen LogP contribution in [0.1, 0.15) is 70.8 Å². The average molecular weight is 368 g/mol. The molecular weight excluding hydrogens is 340 g/mol. The summed E-state index contributed by atoms with van der Waals surface area (Å²) < 4.78 is 0. The van der Waals surface area contributed by atoms with Crippen LogP contribution in [0.4, 0.5) is 11.5 Å². The maximum atomic E-state index is 12.7. The van der Waals surface area contributed by atoms with Crippen molar-refractivity contribution in [1.29, 1.82) is 0 Å². The van der Waals surface area contributed by atoms with Gasteiger partial charge in [0, 0.05) is 23.8 Å². The SMILES string of the molecule is CC(=O)c1c(C)[nH]c(C(=O)Nc2cnc(N3CCCC[C@H]3C)c(C)c2)c1C. The van der Waals surface area contributed by atoms with E-state index in [4.69, 9.17) is 0 Å². The Morgan fingerprint density at radius 1 is 1.26 bits per heavy atom. The van der Waals surface area contributed by atoms with Crippen molar-refractivity contribution in [2.75, 3.05) is 16.8 Å². The summed E-state index contributed by atoms with van der Waals surface area (Å²) in [5.74, 6) is 0.687. The summed E-state index contributed by atoms with van der Waals surface area (Å²) in [6.07, 6.45) is 5.35. The Labute approximate surface area is 160 Å². The van der Waals surface area contributed by atoms with E-state index in [1.165, 1.54) is 26.2 Å². The molecule has 1 amide bonds. The largest absolute Gasteiger partial charge is 0.354 e. The highest BCUT2D eigenvalue weighted by molar-refractivity contribution is 6.07. The third-order valence-corrected chi connectivity index (χ3v) is 5.40. The highest BCUT2D eigenvalue weighted by atomic mass is 16.2. The number of nitrogens with one attached hydrogen (secondary N) is 2. The Morgan fingerprint density at radius 3 is 2.59 bits per heavy atom. The van der Waals surface area contributed by atoms with Crippen molar-refractivity contribution in [3.05, 3.63) is 40.3 Å². The van der Waals surface area contributed by atoms with Gasteiger partial charge in [-0.3, -0.25) is 9.59 Å². The molecule has 3 heterocycles. The van der Waals surface area contributed by atoms with Gasteiger partial charge in [-0.2, -0.15) is 0 Å². The number of aryl methyl sites for hydroxylation is 2. The van der Waals surface area contributed by atoms with Crippen LogP contribution < -0.4 is 10.2 Å². The number of piperidine rings is 1. The zero-order chi connectivity index (χ0) is 19.7. The number of anilines is 2.